The number of carbonyl (C=O) groups excluding carboxylic acids is 1. The lowest BCUT2D eigenvalue weighted by atomic mass is 10.2. The molecule has 0 saturated carbocycles. The third-order valence-electron chi connectivity index (χ3n) is 1.87. The molecule has 1 N–H and O–H groups in total. The van der Waals surface area contributed by atoms with Gasteiger partial charge in [0, 0.05) is 18.2 Å². The van der Waals surface area contributed by atoms with Gasteiger partial charge in [0.15, 0.2) is 0 Å². The molecule has 0 aliphatic heterocycles. The Labute approximate surface area is 98.3 Å². The molecule has 17 heavy (non-hydrogen) atoms. The number of nitrogens with one attached hydrogen (secondary N) is 1. The quantitative estimate of drug-likeness (QED) is 0.367. The molecule has 86 valence electrons. The van der Waals surface area contributed by atoms with Gasteiger partial charge in [-0.05, 0) is 11.6 Å². The molecule has 1 rings (SSSR count). The third-order valence-corrected chi connectivity index (χ3v) is 1.87. The first-order chi connectivity index (χ1) is 8.13. The van der Waals surface area contributed by atoms with Crippen LogP contribution >= 0.6 is 0 Å². The lowest BCUT2D eigenvalue weighted by Crippen LogP contribution is -2.20. The fourth-order valence-electron chi connectivity index (χ4n) is 1.11. The minimum atomic E-state index is -0.490. The first-order valence-corrected chi connectivity index (χ1v) is 4.77. The van der Waals surface area contributed by atoms with E-state index in [1.54, 1.807) is 12.1 Å². The molecule has 1 aromatic rings. The molecule has 0 spiro atoms. The number of amides is 1. The number of non-ortho nitro benzene ring substituents is 1. The molecule has 0 aliphatic rings. The molecule has 0 atom stereocenters. The fourth-order valence-corrected chi connectivity index (χ4v) is 1.11. The molecule has 0 bridgehead atoms. The lowest BCUT2D eigenvalue weighted by molar-refractivity contribution is -0.384. The molecular formula is C12H10N2O3. The van der Waals surface area contributed by atoms with Crippen LogP contribution in [0, 0.1) is 22.5 Å². The zero-order valence-corrected chi connectivity index (χ0v) is 8.92. The van der Waals surface area contributed by atoms with Crippen molar-refractivity contribution in [2.24, 2.45) is 0 Å². The van der Waals surface area contributed by atoms with Crippen molar-refractivity contribution in [3.63, 3.8) is 0 Å². The van der Waals surface area contributed by atoms with Gasteiger partial charge in [-0.15, -0.1) is 6.42 Å². The number of nitro benzene ring substituents is 1. The Morgan fingerprint density at radius 1 is 1.59 bits per heavy atom. The summed E-state index contributed by atoms with van der Waals surface area (Å²) < 4.78 is 0. The summed E-state index contributed by atoms with van der Waals surface area (Å²) in [7, 11) is 0. The first kappa shape index (κ1) is 12.5. The van der Waals surface area contributed by atoms with Gasteiger partial charge < -0.3 is 5.32 Å². The second-order valence-electron chi connectivity index (χ2n) is 3.11. The van der Waals surface area contributed by atoms with Crippen molar-refractivity contribution in [1.82, 2.24) is 5.32 Å². The summed E-state index contributed by atoms with van der Waals surface area (Å²) in [5.41, 5.74) is 0.561. The topological polar surface area (TPSA) is 72.2 Å². The predicted octanol–water partition coefficient (Wildman–Crippen LogP) is 1.36. The number of terminal acetylenes is 1. The summed E-state index contributed by atoms with van der Waals surface area (Å²) in [6.07, 6.45) is 7.73. The van der Waals surface area contributed by atoms with Gasteiger partial charge >= 0.3 is 0 Å². The number of hydrogen-bond donors (Lipinski definition) is 1. The third kappa shape index (κ3) is 4.18. The van der Waals surface area contributed by atoms with E-state index < -0.39 is 4.92 Å². The smallest absolute Gasteiger partial charge is 0.270 e. The van der Waals surface area contributed by atoms with Crippen molar-refractivity contribution in [2.45, 2.75) is 0 Å². The largest absolute Gasteiger partial charge is 0.342 e. The molecule has 5 heteroatoms. The Morgan fingerprint density at radius 2 is 2.35 bits per heavy atom. The summed E-state index contributed by atoms with van der Waals surface area (Å²) in [5.74, 6) is 1.93. The van der Waals surface area contributed by atoms with E-state index >= 15 is 0 Å². The van der Waals surface area contributed by atoms with E-state index in [0.29, 0.717) is 5.56 Å². The molecule has 1 amide bonds. The van der Waals surface area contributed by atoms with Crippen molar-refractivity contribution in [2.75, 3.05) is 6.54 Å². The van der Waals surface area contributed by atoms with Crippen LogP contribution in [0.4, 0.5) is 5.69 Å². The number of rotatable bonds is 4. The Balaban J connectivity index is 2.72. The van der Waals surface area contributed by atoms with E-state index in [0.717, 1.165) is 0 Å². The number of benzene rings is 1. The molecule has 1 aromatic carbocycles. The van der Waals surface area contributed by atoms with Crippen LogP contribution in [0.2, 0.25) is 0 Å². The molecule has 0 radical (unpaired) electrons. The number of nitrogens with zero attached hydrogens (tertiary/aromatic N) is 1. The second kappa shape index (κ2) is 6.08. The highest BCUT2D eigenvalue weighted by molar-refractivity contribution is 5.91. The number of nitro groups is 1. The van der Waals surface area contributed by atoms with Crippen LogP contribution in [-0.4, -0.2) is 17.4 Å². The van der Waals surface area contributed by atoms with Crippen LogP contribution in [0.5, 0.6) is 0 Å². The maximum atomic E-state index is 11.2. The Kier molecular flexibility index (Phi) is 4.45. The monoisotopic (exact) mass is 230 g/mol. The molecule has 5 nitrogen and oxygen atoms in total. The van der Waals surface area contributed by atoms with E-state index in [4.69, 9.17) is 6.42 Å². The van der Waals surface area contributed by atoms with Gasteiger partial charge in [-0.2, -0.15) is 0 Å². The molecule has 0 fully saturated rings. The van der Waals surface area contributed by atoms with Crippen LogP contribution < -0.4 is 5.32 Å². The zero-order valence-electron chi connectivity index (χ0n) is 8.92. The van der Waals surface area contributed by atoms with E-state index in [-0.39, 0.29) is 18.1 Å². The standard InChI is InChI=1S/C12H10N2O3/c1-2-8-13-12(15)7-6-10-4-3-5-11(9-10)14(16)17/h1,3-7,9H,8H2,(H,13,15)/b7-6+. The maximum Gasteiger partial charge on any atom is 0.270 e. The van der Waals surface area contributed by atoms with Crippen LogP contribution in [-0.2, 0) is 4.79 Å². The summed E-state index contributed by atoms with van der Waals surface area (Å²) in [4.78, 5) is 21.2. The average Bonchev–Trinajstić information content (AvgIpc) is 2.34. The van der Waals surface area contributed by atoms with Crippen LogP contribution in [0.1, 0.15) is 5.56 Å². The van der Waals surface area contributed by atoms with Crippen molar-refractivity contribution in [1.29, 1.82) is 0 Å². The van der Waals surface area contributed by atoms with Gasteiger partial charge in [-0.3, -0.25) is 14.9 Å². The van der Waals surface area contributed by atoms with Crippen molar-refractivity contribution >= 4 is 17.7 Å². The maximum absolute atomic E-state index is 11.2. The van der Waals surface area contributed by atoms with Gasteiger partial charge in [0.05, 0.1) is 11.5 Å². The van der Waals surface area contributed by atoms with Crippen molar-refractivity contribution in [3.8, 4) is 12.3 Å². The van der Waals surface area contributed by atoms with Crippen molar-refractivity contribution < 1.29 is 9.72 Å². The molecule has 0 unspecified atom stereocenters. The van der Waals surface area contributed by atoms with Crippen molar-refractivity contribution in [3.05, 3.63) is 46.0 Å². The molecule has 0 aliphatic carbocycles. The highest BCUT2D eigenvalue weighted by atomic mass is 16.6. The van der Waals surface area contributed by atoms with Crippen LogP contribution in [0.15, 0.2) is 30.3 Å². The van der Waals surface area contributed by atoms with E-state index in [9.17, 15) is 14.9 Å². The highest BCUT2D eigenvalue weighted by Gasteiger charge is 2.03. The zero-order chi connectivity index (χ0) is 12.7. The Hall–Kier alpha value is -2.61. The SMILES string of the molecule is C#CCNC(=O)/C=C/c1cccc([N+](=O)[O-])c1. The average molecular weight is 230 g/mol. The molecule has 0 heterocycles. The summed E-state index contributed by atoms with van der Waals surface area (Å²) >= 11 is 0. The Bertz CT molecular complexity index is 501. The molecule has 0 saturated heterocycles. The molecular weight excluding hydrogens is 220 g/mol. The minimum Gasteiger partial charge on any atom is -0.342 e. The lowest BCUT2D eigenvalue weighted by Gasteiger charge is -1.95. The van der Waals surface area contributed by atoms with Gasteiger partial charge in [0.25, 0.3) is 5.69 Å². The van der Waals surface area contributed by atoms with Gasteiger partial charge in [0.1, 0.15) is 0 Å². The Morgan fingerprint density at radius 3 is 3.00 bits per heavy atom. The van der Waals surface area contributed by atoms with E-state index in [2.05, 4.69) is 11.2 Å². The van der Waals surface area contributed by atoms with Gasteiger partial charge in [-0.1, -0.05) is 18.1 Å². The summed E-state index contributed by atoms with van der Waals surface area (Å²) in [6, 6.07) is 5.98. The number of carbonyl (C=O) groups is 1. The van der Waals surface area contributed by atoms with E-state index in [1.807, 2.05) is 0 Å². The fraction of sp³-hybridized carbons (Fsp3) is 0.0833. The number of hydrogen-bond acceptors (Lipinski definition) is 3. The normalized spacial score (nSPS) is 9.82. The molecule has 0 aromatic heterocycles. The van der Waals surface area contributed by atoms with Gasteiger partial charge in [0.2, 0.25) is 5.91 Å². The first-order valence-electron chi connectivity index (χ1n) is 4.77. The highest BCUT2D eigenvalue weighted by Crippen LogP contribution is 2.13. The second-order valence-corrected chi connectivity index (χ2v) is 3.11. The summed E-state index contributed by atoms with van der Waals surface area (Å²) in [5, 5.41) is 13.0. The van der Waals surface area contributed by atoms with Gasteiger partial charge in [-0.25, -0.2) is 0 Å². The van der Waals surface area contributed by atoms with Crippen LogP contribution in [0.25, 0.3) is 6.08 Å². The van der Waals surface area contributed by atoms with Crippen LogP contribution in [0.3, 0.4) is 0 Å². The van der Waals surface area contributed by atoms with E-state index in [1.165, 1.54) is 24.3 Å². The summed E-state index contributed by atoms with van der Waals surface area (Å²) in [6.45, 7) is 0.151. The predicted molar refractivity (Wildman–Crippen MR) is 64.0 cm³/mol. The minimum absolute atomic E-state index is 0.0174.